The first-order valence-corrected chi connectivity index (χ1v) is 14.4. The lowest BCUT2D eigenvalue weighted by atomic mass is 10.0. The molecule has 2 aromatic carbocycles. The van der Waals surface area contributed by atoms with E-state index in [0.717, 1.165) is 48.9 Å². The number of hydrogen-bond acceptors (Lipinski definition) is 4. The zero-order chi connectivity index (χ0) is 26.0. The Hall–Kier alpha value is -2.42. The Balaban J connectivity index is 1.65. The van der Waals surface area contributed by atoms with Crippen LogP contribution in [0, 0.1) is 11.8 Å². The van der Waals surface area contributed by atoms with Crippen LogP contribution in [-0.4, -0.2) is 37.1 Å². The molecule has 0 bridgehead atoms. The van der Waals surface area contributed by atoms with Crippen molar-refractivity contribution < 1.29 is 18.0 Å². The van der Waals surface area contributed by atoms with Gasteiger partial charge in [0.2, 0.25) is 21.8 Å². The first-order chi connectivity index (χ1) is 17.1. The third-order valence-electron chi connectivity index (χ3n) is 7.14. The van der Waals surface area contributed by atoms with Gasteiger partial charge in [-0.1, -0.05) is 50.4 Å². The van der Waals surface area contributed by atoms with Gasteiger partial charge in [0.15, 0.2) is 0 Å². The van der Waals surface area contributed by atoms with Gasteiger partial charge in [0.25, 0.3) is 0 Å². The molecule has 7 nitrogen and oxygen atoms in total. The fourth-order valence-electron chi connectivity index (χ4n) is 5.28. The monoisotopic (exact) mass is 531 g/mol. The fourth-order valence-corrected chi connectivity index (χ4v) is 7.00. The Morgan fingerprint density at radius 1 is 1.11 bits per heavy atom. The SMILES string of the molecule is CC(C)C[C@H](C(N)=O)N(Cc1ccc2c(c1)CCN2C(=O)C1CCCC1)S(=O)(=O)c1ccc(Cl)cc1. The molecule has 1 aliphatic carbocycles. The summed E-state index contributed by atoms with van der Waals surface area (Å²) in [7, 11) is -4.05. The number of amides is 2. The number of nitrogens with zero attached hydrogens (tertiary/aromatic N) is 2. The lowest BCUT2D eigenvalue weighted by molar-refractivity contribution is -0.123. The van der Waals surface area contributed by atoms with E-state index in [1.54, 1.807) is 0 Å². The molecule has 1 atom stereocenters. The van der Waals surface area contributed by atoms with Crippen LogP contribution in [-0.2, 0) is 32.6 Å². The van der Waals surface area contributed by atoms with E-state index < -0.39 is 22.0 Å². The second-order valence-corrected chi connectivity index (χ2v) is 12.6. The number of carbonyl (C=O) groups is 2. The molecular formula is C27H34ClN3O4S. The second-order valence-electron chi connectivity index (χ2n) is 10.2. The lowest BCUT2D eigenvalue weighted by Crippen LogP contribution is -2.48. The zero-order valence-corrected chi connectivity index (χ0v) is 22.4. The summed E-state index contributed by atoms with van der Waals surface area (Å²) in [5.74, 6) is -0.337. The molecule has 1 aliphatic heterocycles. The molecule has 2 aromatic rings. The van der Waals surface area contributed by atoms with Crippen molar-refractivity contribution in [2.45, 2.75) is 69.9 Å². The largest absolute Gasteiger partial charge is 0.368 e. The van der Waals surface area contributed by atoms with Gasteiger partial charge in [-0.05, 0) is 73.1 Å². The number of sulfonamides is 1. The van der Waals surface area contributed by atoms with Crippen LogP contribution in [0.25, 0.3) is 0 Å². The molecule has 1 saturated carbocycles. The van der Waals surface area contributed by atoms with Crippen molar-refractivity contribution in [3.8, 4) is 0 Å². The lowest BCUT2D eigenvalue weighted by Gasteiger charge is -2.30. The summed E-state index contributed by atoms with van der Waals surface area (Å²) in [6.45, 7) is 4.48. The molecule has 2 N–H and O–H groups in total. The summed E-state index contributed by atoms with van der Waals surface area (Å²) in [6.07, 6.45) is 5.12. The first-order valence-electron chi connectivity index (χ1n) is 12.6. The van der Waals surface area contributed by atoms with Crippen LogP contribution < -0.4 is 10.6 Å². The van der Waals surface area contributed by atoms with Crippen molar-refractivity contribution in [3.05, 3.63) is 58.6 Å². The van der Waals surface area contributed by atoms with E-state index in [2.05, 4.69) is 0 Å². The smallest absolute Gasteiger partial charge is 0.244 e. The number of primary amides is 1. The molecule has 4 rings (SSSR count). The Kier molecular flexibility index (Phi) is 8.07. The van der Waals surface area contributed by atoms with Crippen LogP contribution in [0.5, 0.6) is 0 Å². The Morgan fingerprint density at radius 3 is 2.39 bits per heavy atom. The summed E-state index contributed by atoms with van der Waals surface area (Å²) >= 11 is 5.97. The van der Waals surface area contributed by atoms with Gasteiger partial charge in [-0.2, -0.15) is 4.31 Å². The van der Waals surface area contributed by atoms with E-state index in [1.807, 2.05) is 36.9 Å². The molecule has 0 aromatic heterocycles. The molecule has 1 heterocycles. The van der Waals surface area contributed by atoms with Crippen LogP contribution in [0.2, 0.25) is 5.02 Å². The minimum Gasteiger partial charge on any atom is -0.368 e. The van der Waals surface area contributed by atoms with Crippen molar-refractivity contribution >= 4 is 39.1 Å². The Morgan fingerprint density at radius 2 is 1.78 bits per heavy atom. The number of nitrogens with two attached hydrogens (primary N) is 1. The predicted molar refractivity (Wildman–Crippen MR) is 141 cm³/mol. The van der Waals surface area contributed by atoms with E-state index in [1.165, 1.54) is 28.6 Å². The molecule has 9 heteroatoms. The molecule has 36 heavy (non-hydrogen) atoms. The Bertz CT molecular complexity index is 1220. The van der Waals surface area contributed by atoms with E-state index in [0.29, 0.717) is 18.0 Å². The molecular weight excluding hydrogens is 498 g/mol. The van der Waals surface area contributed by atoms with E-state index in [9.17, 15) is 18.0 Å². The molecule has 2 amide bonds. The third-order valence-corrected chi connectivity index (χ3v) is 9.26. The molecule has 1 fully saturated rings. The van der Waals surface area contributed by atoms with Gasteiger partial charge in [-0.3, -0.25) is 9.59 Å². The Labute approximate surface area is 218 Å². The predicted octanol–water partition coefficient (Wildman–Crippen LogP) is 4.51. The van der Waals surface area contributed by atoms with Crippen molar-refractivity contribution in [1.29, 1.82) is 0 Å². The number of rotatable bonds is 9. The highest BCUT2D eigenvalue weighted by atomic mass is 35.5. The summed E-state index contributed by atoms with van der Waals surface area (Å²) < 4.78 is 28.6. The minimum atomic E-state index is -4.05. The molecule has 2 aliphatic rings. The van der Waals surface area contributed by atoms with Gasteiger partial charge in [0, 0.05) is 29.7 Å². The third kappa shape index (κ3) is 5.61. The highest BCUT2D eigenvalue weighted by molar-refractivity contribution is 7.89. The van der Waals surface area contributed by atoms with Crippen LogP contribution in [0.3, 0.4) is 0 Å². The average Bonchev–Trinajstić information content (AvgIpc) is 3.51. The maximum absolute atomic E-state index is 13.7. The summed E-state index contributed by atoms with van der Waals surface area (Å²) in [6, 6.07) is 10.6. The normalized spacial score (nSPS) is 17.1. The second kappa shape index (κ2) is 10.9. The van der Waals surface area contributed by atoms with Crippen molar-refractivity contribution in [2.75, 3.05) is 11.4 Å². The molecule has 0 unspecified atom stereocenters. The average molecular weight is 532 g/mol. The van der Waals surface area contributed by atoms with Crippen molar-refractivity contribution in [3.63, 3.8) is 0 Å². The maximum atomic E-state index is 13.7. The standard InChI is InChI=1S/C27H34ClN3O4S/c1-18(2)15-25(26(29)32)31(36(34,35)23-10-8-22(28)9-11-23)17-19-7-12-24-21(16-19)13-14-30(24)27(33)20-5-3-4-6-20/h7-12,16,18,20,25H,3-6,13-15,17H2,1-2H3,(H2,29,32)/t25-/m1/s1. The molecule has 0 saturated heterocycles. The topological polar surface area (TPSA) is 101 Å². The number of benzene rings is 2. The zero-order valence-electron chi connectivity index (χ0n) is 20.8. The summed E-state index contributed by atoms with van der Waals surface area (Å²) in [4.78, 5) is 27.4. The summed E-state index contributed by atoms with van der Waals surface area (Å²) in [5.41, 5.74) is 8.39. The quantitative estimate of drug-likeness (QED) is 0.514. The van der Waals surface area contributed by atoms with E-state index in [4.69, 9.17) is 17.3 Å². The van der Waals surface area contributed by atoms with Gasteiger partial charge in [0.1, 0.15) is 6.04 Å². The maximum Gasteiger partial charge on any atom is 0.244 e. The highest BCUT2D eigenvalue weighted by Gasteiger charge is 2.36. The van der Waals surface area contributed by atoms with Crippen molar-refractivity contribution in [1.82, 2.24) is 4.31 Å². The number of fused-ring (bicyclic) bond motifs is 1. The first kappa shape index (κ1) is 26.6. The number of anilines is 1. The van der Waals surface area contributed by atoms with Gasteiger partial charge in [0.05, 0.1) is 4.90 Å². The minimum absolute atomic E-state index is 0.00482. The van der Waals surface area contributed by atoms with Crippen LogP contribution in [0.15, 0.2) is 47.4 Å². The van der Waals surface area contributed by atoms with E-state index in [-0.39, 0.29) is 29.2 Å². The number of hydrogen-bond donors (Lipinski definition) is 1. The van der Waals surface area contributed by atoms with Crippen molar-refractivity contribution in [2.24, 2.45) is 17.6 Å². The van der Waals surface area contributed by atoms with Gasteiger partial charge < -0.3 is 10.6 Å². The van der Waals surface area contributed by atoms with Gasteiger partial charge in [-0.25, -0.2) is 8.42 Å². The van der Waals surface area contributed by atoms with Gasteiger partial charge >= 0.3 is 0 Å². The fraction of sp³-hybridized carbons (Fsp3) is 0.481. The van der Waals surface area contributed by atoms with Crippen LogP contribution >= 0.6 is 11.6 Å². The molecule has 0 radical (unpaired) electrons. The molecule has 194 valence electrons. The summed E-state index contributed by atoms with van der Waals surface area (Å²) in [5, 5.41) is 0.421. The number of carbonyl (C=O) groups excluding carboxylic acids is 2. The van der Waals surface area contributed by atoms with Gasteiger partial charge in [-0.15, -0.1) is 0 Å². The van der Waals surface area contributed by atoms with Crippen LogP contribution in [0.4, 0.5) is 5.69 Å². The number of halogens is 1. The molecule has 0 spiro atoms. The highest BCUT2D eigenvalue weighted by Crippen LogP contribution is 2.35. The van der Waals surface area contributed by atoms with E-state index >= 15 is 0 Å². The van der Waals surface area contributed by atoms with Crippen LogP contribution in [0.1, 0.15) is 57.1 Å².